The number of rotatable bonds is 5. The lowest BCUT2D eigenvalue weighted by atomic mass is 9.90. The topological polar surface area (TPSA) is 152 Å². The molecule has 6 heterocycles. The van der Waals surface area contributed by atoms with Gasteiger partial charge in [0.15, 0.2) is 0 Å². The molecule has 2 atom stereocenters. The number of nitrogens with two attached hydrogens (primary N) is 1. The van der Waals surface area contributed by atoms with E-state index in [1.807, 2.05) is 9.30 Å². The molecule has 0 spiro atoms. The fraction of sp³-hybridized carbons (Fsp3) is 0.242. The molecule has 244 valence electrons. The number of hydrogen-bond acceptors (Lipinski definition) is 8. The molecule has 3 amide bonds. The molecule has 2 aliphatic heterocycles. The van der Waals surface area contributed by atoms with E-state index in [0.29, 0.717) is 47.7 Å². The zero-order valence-electron chi connectivity index (χ0n) is 25.3. The van der Waals surface area contributed by atoms with Crippen LogP contribution >= 0.6 is 0 Å². The monoisotopic (exact) mass is 655 g/mol. The molecule has 12 nitrogen and oxygen atoms in total. The van der Waals surface area contributed by atoms with Gasteiger partial charge in [-0.05, 0) is 49.2 Å². The summed E-state index contributed by atoms with van der Waals surface area (Å²) in [5.41, 5.74) is 7.84. The summed E-state index contributed by atoms with van der Waals surface area (Å²) in [6.07, 6.45) is 4.24. The van der Waals surface area contributed by atoms with Crippen LogP contribution in [0.2, 0.25) is 0 Å². The molecule has 2 saturated heterocycles. The molecule has 1 aromatic carbocycles. The Morgan fingerprint density at radius 1 is 0.917 bits per heavy atom. The minimum Gasteiger partial charge on any atom is -0.382 e. The van der Waals surface area contributed by atoms with Crippen LogP contribution in [0.25, 0.3) is 16.8 Å². The van der Waals surface area contributed by atoms with Crippen molar-refractivity contribution in [2.45, 2.75) is 31.0 Å². The van der Waals surface area contributed by atoms with Crippen LogP contribution in [0, 0.1) is 0 Å². The molecule has 0 radical (unpaired) electrons. The molecule has 4 aromatic heterocycles. The van der Waals surface area contributed by atoms with Crippen LogP contribution < -0.4 is 11.1 Å². The van der Waals surface area contributed by atoms with E-state index in [0.717, 1.165) is 24.8 Å². The molecular weight excluding hydrogens is 627 g/mol. The van der Waals surface area contributed by atoms with Crippen LogP contribution in [0.5, 0.6) is 0 Å². The van der Waals surface area contributed by atoms with Crippen LogP contribution in [-0.2, 0) is 11.0 Å². The van der Waals surface area contributed by atoms with Crippen molar-refractivity contribution in [3.05, 3.63) is 102 Å². The standard InChI is InChI=1S/C33H28F3N9O3/c34-33(35,36)23-9-12-39-25(15-23)41-31(47)20-3-1-19(2-4-20)27-28-29(37)40-13-14-44(28)30(42-27)22-5-6-24-17-43(18-26(46)45(24)16-22)32(48)21-7-10-38-11-8-21/h1-4,7-15,22,24H,5-6,16-18H2,(H2,37,40)(H,39,41,47). The molecule has 2 aliphatic rings. The normalized spacial score (nSPS) is 18.1. The van der Waals surface area contributed by atoms with Gasteiger partial charge in [0.05, 0.1) is 5.56 Å². The Morgan fingerprint density at radius 3 is 2.44 bits per heavy atom. The van der Waals surface area contributed by atoms with Crippen LogP contribution in [-0.4, -0.2) is 77.5 Å². The van der Waals surface area contributed by atoms with E-state index < -0.39 is 17.6 Å². The number of alkyl halides is 3. The third-order valence-corrected chi connectivity index (χ3v) is 8.72. The lowest BCUT2D eigenvalue weighted by Gasteiger charge is -2.45. The molecule has 15 heteroatoms. The first-order chi connectivity index (χ1) is 23.1. The zero-order valence-corrected chi connectivity index (χ0v) is 25.3. The lowest BCUT2D eigenvalue weighted by Crippen LogP contribution is -2.60. The Bertz CT molecular complexity index is 2030. The van der Waals surface area contributed by atoms with Crippen molar-refractivity contribution in [3.63, 3.8) is 0 Å². The number of carbonyl (C=O) groups is 3. The largest absolute Gasteiger partial charge is 0.416 e. The quantitative estimate of drug-likeness (QED) is 0.285. The smallest absolute Gasteiger partial charge is 0.382 e. The number of anilines is 2. The Labute approximate surface area is 271 Å². The van der Waals surface area contributed by atoms with E-state index in [1.165, 1.54) is 12.1 Å². The Balaban J connectivity index is 1.11. The molecular formula is C33H28F3N9O3. The second-order valence-corrected chi connectivity index (χ2v) is 11.7. The number of hydrogen-bond donors (Lipinski definition) is 2. The van der Waals surface area contributed by atoms with Gasteiger partial charge in [-0.2, -0.15) is 13.2 Å². The molecule has 2 fully saturated rings. The number of nitrogens with one attached hydrogen (secondary N) is 1. The molecule has 0 aliphatic carbocycles. The molecule has 0 saturated carbocycles. The number of halogens is 3. The third-order valence-electron chi connectivity index (χ3n) is 8.72. The number of pyridine rings is 2. The van der Waals surface area contributed by atoms with E-state index in [9.17, 15) is 27.6 Å². The van der Waals surface area contributed by atoms with Crippen LogP contribution in [0.3, 0.4) is 0 Å². The van der Waals surface area contributed by atoms with Crippen molar-refractivity contribution in [2.24, 2.45) is 0 Å². The molecule has 3 N–H and O–H groups in total. The minimum atomic E-state index is -4.57. The van der Waals surface area contributed by atoms with Crippen molar-refractivity contribution in [3.8, 4) is 11.3 Å². The van der Waals surface area contributed by atoms with Gasteiger partial charge < -0.3 is 20.9 Å². The Kier molecular flexibility index (Phi) is 7.73. The van der Waals surface area contributed by atoms with Gasteiger partial charge in [0.2, 0.25) is 5.91 Å². The highest BCUT2D eigenvalue weighted by Gasteiger charge is 2.40. The summed E-state index contributed by atoms with van der Waals surface area (Å²) in [5, 5.41) is 2.40. The Hall–Kier alpha value is -5.86. The van der Waals surface area contributed by atoms with Crippen LogP contribution in [0.15, 0.2) is 79.5 Å². The van der Waals surface area contributed by atoms with Crippen molar-refractivity contribution >= 4 is 34.9 Å². The first-order valence-corrected chi connectivity index (χ1v) is 15.1. The molecule has 7 rings (SSSR count). The van der Waals surface area contributed by atoms with E-state index >= 15 is 0 Å². The van der Waals surface area contributed by atoms with Gasteiger partial charge >= 0.3 is 6.18 Å². The van der Waals surface area contributed by atoms with E-state index in [1.54, 1.807) is 54.0 Å². The van der Waals surface area contributed by atoms with Gasteiger partial charge in [-0.25, -0.2) is 15.0 Å². The third kappa shape index (κ3) is 5.78. The maximum Gasteiger partial charge on any atom is 0.416 e. The summed E-state index contributed by atoms with van der Waals surface area (Å²) in [5.74, 6) is -0.359. The minimum absolute atomic E-state index is 0.0153. The number of piperidine rings is 1. The van der Waals surface area contributed by atoms with E-state index in [4.69, 9.17) is 10.7 Å². The van der Waals surface area contributed by atoms with Gasteiger partial charge in [-0.1, -0.05) is 12.1 Å². The summed E-state index contributed by atoms with van der Waals surface area (Å²) >= 11 is 0. The molecule has 0 bridgehead atoms. The van der Waals surface area contributed by atoms with Crippen LogP contribution in [0.4, 0.5) is 24.8 Å². The summed E-state index contributed by atoms with van der Waals surface area (Å²) in [6, 6.07) is 11.2. The summed E-state index contributed by atoms with van der Waals surface area (Å²) < 4.78 is 41.1. The van der Waals surface area contributed by atoms with Crippen molar-refractivity contribution < 1.29 is 27.6 Å². The average Bonchev–Trinajstić information content (AvgIpc) is 3.49. The van der Waals surface area contributed by atoms with Crippen molar-refractivity contribution in [2.75, 3.05) is 30.7 Å². The number of amides is 3. The number of benzene rings is 1. The van der Waals surface area contributed by atoms with Gasteiger partial charge in [0, 0.05) is 72.7 Å². The molecule has 2 unspecified atom stereocenters. The number of aromatic nitrogens is 5. The van der Waals surface area contributed by atoms with Crippen LogP contribution in [0.1, 0.15) is 50.9 Å². The SMILES string of the molecule is Nc1nccn2c(C3CCC4CN(C(=O)c5ccncc5)CC(=O)N4C3)nc(-c3ccc(C(=O)Nc4cc(C(F)(F)F)ccn4)cc3)c12. The number of nitrogen functional groups attached to an aromatic ring is 1. The second kappa shape index (κ2) is 12.1. The predicted molar refractivity (Wildman–Crippen MR) is 168 cm³/mol. The summed E-state index contributed by atoms with van der Waals surface area (Å²) in [7, 11) is 0. The van der Waals surface area contributed by atoms with E-state index in [-0.39, 0.29) is 47.5 Å². The highest BCUT2D eigenvalue weighted by molar-refractivity contribution is 6.04. The second-order valence-electron chi connectivity index (χ2n) is 11.7. The van der Waals surface area contributed by atoms with Gasteiger partial charge in [0.1, 0.15) is 35.2 Å². The summed E-state index contributed by atoms with van der Waals surface area (Å²) in [4.78, 5) is 59.7. The van der Waals surface area contributed by atoms with Gasteiger partial charge in [-0.15, -0.1) is 0 Å². The first kappa shape index (κ1) is 30.8. The van der Waals surface area contributed by atoms with Gasteiger partial charge in [0.25, 0.3) is 11.8 Å². The van der Waals surface area contributed by atoms with Gasteiger partial charge in [-0.3, -0.25) is 23.8 Å². The number of piperazine rings is 1. The number of carbonyl (C=O) groups excluding carboxylic acids is 3. The Morgan fingerprint density at radius 2 is 1.69 bits per heavy atom. The maximum atomic E-state index is 13.3. The highest BCUT2D eigenvalue weighted by Crippen LogP contribution is 2.36. The fourth-order valence-electron chi connectivity index (χ4n) is 6.36. The van der Waals surface area contributed by atoms with Crippen molar-refractivity contribution in [1.82, 2.24) is 34.1 Å². The van der Waals surface area contributed by atoms with Crippen molar-refractivity contribution in [1.29, 1.82) is 0 Å². The average molecular weight is 656 g/mol. The highest BCUT2D eigenvalue weighted by atomic mass is 19.4. The number of fused-ring (bicyclic) bond motifs is 2. The lowest BCUT2D eigenvalue weighted by molar-refractivity contribution is -0.141. The van der Waals surface area contributed by atoms with E-state index in [2.05, 4.69) is 20.3 Å². The fourth-order valence-corrected chi connectivity index (χ4v) is 6.36. The number of nitrogens with zero attached hydrogens (tertiary/aromatic N) is 7. The summed E-state index contributed by atoms with van der Waals surface area (Å²) in [6.45, 7) is 0.844. The first-order valence-electron chi connectivity index (χ1n) is 15.1. The predicted octanol–water partition coefficient (Wildman–Crippen LogP) is 4.27. The molecule has 48 heavy (non-hydrogen) atoms. The maximum absolute atomic E-state index is 13.3. The zero-order chi connectivity index (χ0) is 33.6. The number of imidazole rings is 1. The molecule has 5 aromatic rings.